The van der Waals surface area contributed by atoms with Gasteiger partial charge in [-0.25, -0.2) is 0 Å². The predicted molar refractivity (Wildman–Crippen MR) is 52.1 cm³/mol. The second-order valence-electron chi connectivity index (χ2n) is 4.16. The van der Waals surface area contributed by atoms with Crippen molar-refractivity contribution in [2.45, 2.75) is 33.1 Å². The molecule has 0 saturated heterocycles. The molecule has 0 aliphatic carbocycles. The van der Waals surface area contributed by atoms with E-state index in [2.05, 4.69) is 31.8 Å². The van der Waals surface area contributed by atoms with E-state index in [4.69, 9.17) is 5.73 Å². The van der Waals surface area contributed by atoms with Crippen molar-refractivity contribution in [2.24, 2.45) is 0 Å². The smallest absolute Gasteiger partial charge is 0.0538 e. The van der Waals surface area contributed by atoms with Gasteiger partial charge in [-0.2, -0.15) is 0 Å². The van der Waals surface area contributed by atoms with Crippen molar-refractivity contribution >= 4 is 5.69 Å². The van der Waals surface area contributed by atoms with E-state index in [1.165, 1.54) is 5.56 Å². The number of anilines is 1. The van der Waals surface area contributed by atoms with Crippen LogP contribution in [0.5, 0.6) is 0 Å². The van der Waals surface area contributed by atoms with Gasteiger partial charge < -0.3 is 5.73 Å². The SMILES string of the molecule is Cc1cc(C(C)(C)C)c(N)cn1. The summed E-state index contributed by atoms with van der Waals surface area (Å²) < 4.78 is 0. The molecule has 0 unspecified atom stereocenters. The average molecular weight is 164 g/mol. The summed E-state index contributed by atoms with van der Waals surface area (Å²) in [5, 5.41) is 0. The van der Waals surface area contributed by atoms with Crippen LogP contribution >= 0.6 is 0 Å². The standard InChI is InChI=1S/C10H16N2/c1-7-5-8(10(2,3)4)9(11)6-12-7/h5-6H,11H2,1-4H3. The molecule has 1 heterocycles. The maximum absolute atomic E-state index is 5.81. The Bertz CT molecular complexity index is 284. The molecule has 1 rings (SSSR count). The minimum atomic E-state index is 0.109. The van der Waals surface area contributed by atoms with Crippen molar-refractivity contribution in [3.05, 3.63) is 23.5 Å². The summed E-state index contributed by atoms with van der Waals surface area (Å²) in [6, 6.07) is 2.05. The summed E-state index contributed by atoms with van der Waals surface area (Å²) in [7, 11) is 0. The molecule has 0 aliphatic heterocycles. The second kappa shape index (κ2) is 2.77. The molecule has 0 aliphatic rings. The van der Waals surface area contributed by atoms with Crippen LogP contribution in [0, 0.1) is 6.92 Å². The second-order valence-corrected chi connectivity index (χ2v) is 4.16. The van der Waals surface area contributed by atoms with Crippen molar-refractivity contribution in [3.63, 3.8) is 0 Å². The highest BCUT2D eigenvalue weighted by molar-refractivity contribution is 5.48. The molecule has 2 heteroatoms. The fourth-order valence-electron chi connectivity index (χ4n) is 1.22. The first kappa shape index (κ1) is 9.04. The van der Waals surface area contributed by atoms with Gasteiger partial charge >= 0.3 is 0 Å². The minimum absolute atomic E-state index is 0.109. The first-order valence-corrected chi connectivity index (χ1v) is 4.14. The molecule has 2 nitrogen and oxygen atoms in total. The van der Waals surface area contributed by atoms with Gasteiger partial charge in [-0.3, -0.25) is 4.98 Å². The van der Waals surface area contributed by atoms with Gasteiger partial charge in [-0.15, -0.1) is 0 Å². The number of hydrogen-bond donors (Lipinski definition) is 1. The Morgan fingerprint density at radius 1 is 1.33 bits per heavy atom. The van der Waals surface area contributed by atoms with Crippen molar-refractivity contribution in [1.29, 1.82) is 0 Å². The average Bonchev–Trinajstić information content (AvgIpc) is 1.92. The van der Waals surface area contributed by atoms with Gasteiger partial charge in [0.2, 0.25) is 0 Å². The lowest BCUT2D eigenvalue weighted by Gasteiger charge is -2.21. The van der Waals surface area contributed by atoms with E-state index >= 15 is 0 Å². The molecule has 0 saturated carbocycles. The molecule has 0 atom stereocenters. The van der Waals surface area contributed by atoms with Crippen LogP contribution in [0.2, 0.25) is 0 Å². The van der Waals surface area contributed by atoms with Crippen molar-refractivity contribution in [1.82, 2.24) is 4.98 Å². The first-order valence-electron chi connectivity index (χ1n) is 4.14. The van der Waals surface area contributed by atoms with Crippen LogP contribution in [-0.2, 0) is 5.41 Å². The van der Waals surface area contributed by atoms with Crippen LogP contribution in [0.25, 0.3) is 0 Å². The lowest BCUT2D eigenvalue weighted by molar-refractivity contribution is 0.591. The summed E-state index contributed by atoms with van der Waals surface area (Å²) in [5.74, 6) is 0. The highest BCUT2D eigenvalue weighted by Gasteiger charge is 2.16. The van der Waals surface area contributed by atoms with E-state index in [-0.39, 0.29) is 5.41 Å². The molecule has 0 aromatic carbocycles. The van der Waals surface area contributed by atoms with Crippen LogP contribution in [0.4, 0.5) is 5.69 Å². The minimum Gasteiger partial charge on any atom is -0.397 e. The monoisotopic (exact) mass is 164 g/mol. The molecule has 2 N–H and O–H groups in total. The van der Waals surface area contributed by atoms with Gasteiger partial charge in [0.1, 0.15) is 0 Å². The van der Waals surface area contributed by atoms with Gasteiger partial charge in [0.15, 0.2) is 0 Å². The van der Waals surface area contributed by atoms with Gasteiger partial charge in [0, 0.05) is 5.69 Å². The fourth-order valence-corrected chi connectivity index (χ4v) is 1.22. The van der Waals surface area contributed by atoms with Gasteiger partial charge in [-0.05, 0) is 24.0 Å². The van der Waals surface area contributed by atoms with Crippen LogP contribution in [0.15, 0.2) is 12.3 Å². The number of aryl methyl sites for hydroxylation is 1. The summed E-state index contributed by atoms with van der Waals surface area (Å²) >= 11 is 0. The molecule has 0 spiro atoms. The molecule has 1 aromatic heterocycles. The zero-order valence-corrected chi connectivity index (χ0v) is 8.18. The molecule has 1 aromatic rings. The molecular formula is C10H16N2. The number of nitrogen functional groups attached to an aromatic ring is 1. The van der Waals surface area contributed by atoms with Crippen LogP contribution < -0.4 is 5.73 Å². The Morgan fingerprint density at radius 3 is 2.33 bits per heavy atom. The normalized spacial score (nSPS) is 11.7. The Kier molecular flexibility index (Phi) is 2.09. The number of nitrogens with zero attached hydrogens (tertiary/aromatic N) is 1. The third kappa shape index (κ3) is 1.76. The lowest BCUT2D eigenvalue weighted by Crippen LogP contribution is -2.14. The Morgan fingerprint density at radius 2 is 1.92 bits per heavy atom. The van der Waals surface area contributed by atoms with E-state index in [9.17, 15) is 0 Å². The van der Waals surface area contributed by atoms with Gasteiger partial charge in [0.05, 0.1) is 11.9 Å². The Hall–Kier alpha value is -1.05. The molecule has 12 heavy (non-hydrogen) atoms. The van der Waals surface area contributed by atoms with Crippen LogP contribution in [-0.4, -0.2) is 4.98 Å². The third-order valence-electron chi connectivity index (χ3n) is 1.88. The first-order chi connectivity index (χ1) is 5.41. The van der Waals surface area contributed by atoms with Gasteiger partial charge in [0.25, 0.3) is 0 Å². The molecule has 0 amide bonds. The van der Waals surface area contributed by atoms with Crippen LogP contribution in [0.3, 0.4) is 0 Å². The fraction of sp³-hybridized carbons (Fsp3) is 0.500. The molecular weight excluding hydrogens is 148 g/mol. The van der Waals surface area contributed by atoms with E-state index in [1.54, 1.807) is 6.20 Å². The quantitative estimate of drug-likeness (QED) is 0.638. The number of rotatable bonds is 0. The van der Waals surface area contributed by atoms with Crippen molar-refractivity contribution < 1.29 is 0 Å². The number of pyridine rings is 1. The predicted octanol–water partition coefficient (Wildman–Crippen LogP) is 2.27. The molecule has 66 valence electrons. The summed E-state index contributed by atoms with van der Waals surface area (Å²) in [4.78, 5) is 4.13. The van der Waals surface area contributed by atoms with Crippen molar-refractivity contribution in [2.75, 3.05) is 5.73 Å². The number of aromatic nitrogens is 1. The van der Waals surface area contributed by atoms with Gasteiger partial charge in [-0.1, -0.05) is 20.8 Å². The van der Waals surface area contributed by atoms with E-state index in [1.807, 2.05) is 6.92 Å². The number of hydrogen-bond acceptors (Lipinski definition) is 2. The Balaban J connectivity index is 3.23. The molecule has 0 fully saturated rings. The highest BCUT2D eigenvalue weighted by Crippen LogP contribution is 2.27. The highest BCUT2D eigenvalue weighted by atomic mass is 14.7. The van der Waals surface area contributed by atoms with Crippen LogP contribution in [0.1, 0.15) is 32.0 Å². The van der Waals surface area contributed by atoms with E-state index in [0.717, 1.165) is 11.4 Å². The Labute approximate surface area is 73.8 Å². The van der Waals surface area contributed by atoms with Crippen molar-refractivity contribution in [3.8, 4) is 0 Å². The molecule has 0 bridgehead atoms. The number of nitrogens with two attached hydrogens (primary N) is 1. The summed E-state index contributed by atoms with van der Waals surface area (Å²) in [6.45, 7) is 8.43. The zero-order chi connectivity index (χ0) is 9.35. The summed E-state index contributed by atoms with van der Waals surface area (Å²) in [5.41, 5.74) is 8.91. The largest absolute Gasteiger partial charge is 0.397 e. The zero-order valence-electron chi connectivity index (χ0n) is 8.18. The summed E-state index contributed by atoms with van der Waals surface area (Å²) in [6.07, 6.45) is 1.73. The maximum Gasteiger partial charge on any atom is 0.0538 e. The molecule has 0 radical (unpaired) electrons. The van der Waals surface area contributed by atoms with E-state index < -0.39 is 0 Å². The van der Waals surface area contributed by atoms with E-state index in [0.29, 0.717) is 0 Å². The lowest BCUT2D eigenvalue weighted by atomic mass is 9.86. The topological polar surface area (TPSA) is 38.9 Å². The third-order valence-corrected chi connectivity index (χ3v) is 1.88. The maximum atomic E-state index is 5.81.